The van der Waals surface area contributed by atoms with Crippen molar-refractivity contribution in [2.75, 3.05) is 12.4 Å². The standard InChI is InChI=1S/C18H16FN5O2/c1-26-16-8-5-12(10-15(16)19)18(25)20-13-4-2-3-11(9-13)17-21-22-23-24(17)14-6-7-14/h2-5,8-10,14H,6-7H2,1H3,(H,20,25). The van der Waals surface area contributed by atoms with Crippen molar-refractivity contribution < 1.29 is 13.9 Å². The van der Waals surface area contributed by atoms with Crippen molar-refractivity contribution in [3.63, 3.8) is 0 Å². The maximum Gasteiger partial charge on any atom is 0.255 e. The maximum atomic E-state index is 13.8. The van der Waals surface area contributed by atoms with Gasteiger partial charge in [0, 0.05) is 16.8 Å². The number of nitrogens with zero attached hydrogens (tertiary/aromatic N) is 4. The van der Waals surface area contributed by atoms with Crippen LogP contribution in [0, 0.1) is 5.82 Å². The Morgan fingerprint density at radius 2 is 2.12 bits per heavy atom. The minimum Gasteiger partial charge on any atom is -0.494 e. The second-order valence-electron chi connectivity index (χ2n) is 6.06. The smallest absolute Gasteiger partial charge is 0.255 e. The van der Waals surface area contributed by atoms with E-state index < -0.39 is 11.7 Å². The van der Waals surface area contributed by atoms with Crippen LogP contribution in [0.25, 0.3) is 11.4 Å². The molecule has 1 aliphatic carbocycles. The molecule has 1 aliphatic rings. The van der Waals surface area contributed by atoms with Gasteiger partial charge in [0.05, 0.1) is 13.2 Å². The number of amides is 1. The van der Waals surface area contributed by atoms with Gasteiger partial charge in [-0.1, -0.05) is 12.1 Å². The molecule has 1 fully saturated rings. The lowest BCUT2D eigenvalue weighted by atomic mass is 10.1. The molecular formula is C18H16FN5O2. The second-order valence-corrected chi connectivity index (χ2v) is 6.06. The number of nitrogens with one attached hydrogen (secondary N) is 1. The van der Waals surface area contributed by atoms with Gasteiger partial charge in [-0.25, -0.2) is 9.07 Å². The molecule has 7 nitrogen and oxygen atoms in total. The topological polar surface area (TPSA) is 81.9 Å². The van der Waals surface area contributed by atoms with Crippen LogP contribution in [0.15, 0.2) is 42.5 Å². The van der Waals surface area contributed by atoms with E-state index in [0.29, 0.717) is 17.6 Å². The van der Waals surface area contributed by atoms with E-state index in [-0.39, 0.29) is 11.3 Å². The third kappa shape index (κ3) is 3.13. The van der Waals surface area contributed by atoms with E-state index in [1.807, 2.05) is 12.1 Å². The van der Waals surface area contributed by atoms with Crippen molar-refractivity contribution in [2.24, 2.45) is 0 Å². The van der Waals surface area contributed by atoms with E-state index in [1.54, 1.807) is 16.8 Å². The van der Waals surface area contributed by atoms with Crippen LogP contribution in [0.5, 0.6) is 5.75 Å². The van der Waals surface area contributed by atoms with Crippen LogP contribution in [0.4, 0.5) is 10.1 Å². The van der Waals surface area contributed by atoms with Crippen molar-refractivity contribution >= 4 is 11.6 Å². The number of ether oxygens (including phenoxy) is 1. The van der Waals surface area contributed by atoms with Gasteiger partial charge in [-0.3, -0.25) is 4.79 Å². The Bertz CT molecular complexity index is 968. The van der Waals surface area contributed by atoms with Crippen LogP contribution in [-0.4, -0.2) is 33.2 Å². The predicted octanol–water partition coefficient (Wildman–Crippen LogP) is 3.08. The van der Waals surface area contributed by atoms with Crippen LogP contribution in [0.1, 0.15) is 29.2 Å². The summed E-state index contributed by atoms with van der Waals surface area (Å²) in [5, 5.41) is 14.6. The first-order chi connectivity index (χ1) is 12.7. The fraction of sp³-hybridized carbons (Fsp3) is 0.222. The summed E-state index contributed by atoms with van der Waals surface area (Å²) in [6.45, 7) is 0. The highest BCUT2D eigenvalue weighted by atomic mass is 19.1. The number of hydrogen-bond donors (Lipinski definition) is 1. The first-order valence-electron chi connectivity index (χ1n) is 8.19. The van der Waals surface area contributed by atoms with E-state index in [9.17, 15) is 9.18 Å². The first kappa shape index (κ1) is 16.2. The molecular weight excluding hydrogens is 337 g/mol. The quantitative estimate of drug-likeness (QED) is 0.762. The molecule has 1 heterocycles. The number of methoxy groups -OCH3 is 1. The lowest BCUT2D eigenvalue weighted by Gasteiger charge is -2.09. The van der Waals surface area contributed by atoms with Crippen LogP contribution >= 0.6 is 0 Å². The highest BCUT2D eigenvalue weighted by Gasteiger charge is 2.28. The van der Waals surface area contributed by atoms with Crippen LogP contribution < -0.4 is 10.1 Å². The van der Waals surface area contributed by atoms with E-state index in [4.69, 9.17) is 4.74 Å². The number of aromatic nitrogens is 4. The normalized spacial score (nSPS) is 13.5. The minimum absolute atomic E-state index is 0.0930. The minimum atomic E-state index is -0.586. The van der Waals surface area contributed by atoms with E-state index >= 15 is 0 Å². The van der Waals surface area contributed by atoms with Gasteiger partial charge in [-0.15, -0.1) is 5.10 Å². The number of carbonyl (C=O) groups is 1. The summed E-state index contributed by atoms with van der Waals surface area (Å²) in [6, 6.07) is 11.7. The molecule has 1 amide bonds. The lowest BCUT2D eigenvalue weighted by Crippen LogP contribution is -2.12. The van der Waals surface area contributed by atoms with E-state index in [0.717, 1.165) is 24.5 Å². The molecule has 0 atom stereocenters. The van der Waals surface area contributed by atoms with Gasteiger partial charge in [-0.2, -0.15) is 0 Å². The molecule has 0 spiro atoms. The SMILES string of the molecule is COc1ccc(C(=O)Nc2cccc(-c3nnnn3C3CC3)c2)cc1F. The molecule has 1 saturated carbocycles. The molecule has 132 valence electrons. The fourth-order valence-electron chi connectivity index (χ4n) is 2.70. The van der Waals surface area contributed by atoms with E-state index in [1.165, 1.54) is 19.2 Å². The van der Waals surface area contributed by atoms with Gasteiger partial charge in [-0.05, 0) is 53.6 Å². The van der Waals surface area contributed by atoms with Crippen LogP contribution in [0.2, 0.25) is 0 Å². The Morgan fingerprint density at radius 1 is 1.27 bits per heavy atom. The lowest BCUT2D eigenvalue weighted by molar-refractivity contribution is 0.102. The zero-order chi connectivity index (χ0) is 18.1. The molecule has 26 heavy (non-hydrogen) atoms. The summed E-state index contributed by atoms with van der Waals surface area (Å²) in [6.07, 6.45) is 2.13. The van der Waals surface area contributed by atoms with Gasteiger partial charge in [0.25, 0.3) is 5.91 Å². The van der Waals surface area contributed by atoms with Gasteiger partial charge < -0.3 is 10.1 Å². The Labute approximate surface area is 148 Å². The third-order valence-electron chi connectivity index (χ3n) is 4.18. The van der Waals surface area contributed by atoms with Gasteiger partial charge in [0.1, 0.15) is 0 Å². The summed E-state index contributed by atoms with van der Waals surface area (Å²) < 4.78 is 20.5. The van der Waals surface area contributed by atoms with Crippen molar-refractivity contribution in [1.82, 2.24) is 20.2 Å². The van der Waals surface area contributed by atoms with E-state index in [2.05, 4.69) is 20.8 Å². The molecule has 0 radical (unpaired) electrons. The molecule has 8 heteroatoms. The molecule has 1 aromatic heterocycles. The highest BCUT2D eigenvalue weighted by molar-refractivity contribution is 6.04. The fourth-order valence-corrected chi connectivity index (χ4v) is 2.70. The third-order valence-corrected chi connectivity index (χ3v) is 4.18. The highest BCUT2D eigenvalue weighted by Crippen LogP contribution is 2.36. The maximum absolute atomic E-state index is 13.8. The van der Waals surface area contributed by atoms with Gasteiger partial charge in [0.15, 0.2) is 17.4 Å². The zero-order valence-electron chi connectivity index (χ0n) is 14.0. The molecule has 0 saturated heterocycles. The number of carbonyl (C=O) groups excluding carboxylic acids is 1. The van der Waals surface area contributed by atoms with Crippen molar-refractivity contribution in [2.45, 2.75) is 18.9 Å². The molecule has 1 N–H and O–H groups in total. The van der Waals surface area contributed by atoms with Crippen molar-refractivity contribution in [1.29, 1.82) is 0 Å². The molecule has 4 rings (SSSR count). The number of benzene rings is 2. The molecule has 0 bridgehead atoms. The number of tetrazole rings is 1. The summed E-state index contributed by atoms with van der Waals surface area (Å²) in [5.41, 5.74) is 1.59. The van der Waals surface area contributed by atoms with Crippen LogP contribution in [0.3, 0.4) is 0 Å². The Morgan fingerprint density at radius 3 is 2.85 bits per heavy atom. The average molecular weight is 353 g/mol. The molecule has 0 aliphatic heterocycles. The van der Waals surface area contributed by atoms with Crippen molar-refractivity contribution in [3.8, 4) is 17.1 Å². The zero-order valence-corrected chi connectivity index (χ0v) is 14.0. The predicted molar refractivity (Wildman–Crippen MR) is 92.4 cm³/mol. The Balaban J connectivity index is 1.56. The first-order valence-corrected chi connectivity index (χ1v) is 8.19. The molecule has 3 aromatic rings. The molecule has 2 aromatic carbocycles. The Hall–Kier alpha value is -3.29. The average Bonchev–Trinajstić information content (AvgIpc) is 3.38. The number of halogens is 1. The number of rotatable bonds is 5. The summed E-state index contributed by atoms with van der Waals surface area (Å²) in [7, 11) is 1.37. The largest absolute Gasteiger partial charge is 0.494 e. The molecule has 0 unspecified atom stereocenters. The van der Waals surface area contributed by atoms with Gasteiger partial charge >= 0.3 is 0 Å². The van der Waals surface area contributed by atoms with Crippen molar-refractivity contribution in [3.05, 3.63) is 53.8 Å². The summed E-state index contributed by atoms with van der Waals surface area (Å²) >= 11 is 0. The van der Waals surface area contributed by atoms with Gasteiger partial charge in [0.2, 0.25) is 0 Å². The number of anilines is 1. The second kappa shape index (κ2) is 6.55. The summed E-state index contributed by atoms with van der Waals surface area (Å²) in [4.78, 5) is 12.4. The number of hydrogen-bond acceptors (Lipinski definition) is 5. The van der Waals surface area contributed by atoms with Crippen LogP contribution in [-0.2, 0) is 0 Å². The Kier molecular flexibility index (Phi) is 4.08. The summed E-state index contributed by atoms with van der Waals surface area (Å²) in [5.74, 6) is -0.238. The monoisotopic (exact) mass is 353 g/mol.